The van der Waals surface area contributed by atoms with Crippen LogP contribution in [0.25, 0.3) is 0 Å². The summed E-state index contributed by atoms with van der Waals surface area (Å²) >= 11 is 0. The molecule has 2 aromatic rings. The van der Waals surface area contributed by atoms with E-state index >= 15 is 0 Å². The minimum absolute atomic E-state index is 0.0638. The molecule has 1 N–H and O–H groups in total. The fourth-order valence-corrected chi connectivity index (χ4v) is 2.55. The molecule has 2 aromatic carbocycles. The van der Waals surface area contributed by atoms with E-state index in [0.717, 1.165) is 22.3 Å². The first kappa shape index (κ1) is 17.7. The Labute approximate surface area is 143 Å². The number of carbonyl (C=O) groups excluding carboxylic acids is 1. The van der Waals surface area contributed by atoms with E-state index in [1.165, 1.54) is 11.1 Å². The van der Waals surface area contributed by atoms with Crippen molar-refractivity contribution in [3.05, 3.63) is 63.7 Å². The topological polar surface area (TPSA) is 50.7 Å². The van der Waals surface area contributed by atoms with Gasteiger partial charge >= 0.3 is 0 Å². The van der Waals surface area contributed by atoms with Crippen molar-refractivity contribution >= 4 is 12.1 Å². The van der Waals surface area contributed by atoms with Crippen LogP contribution in [-0.2, 0) is 4.79 Å². The van der Waals surface area contributed by atoms with Gasteiger partial charge in [-0.3, -0.25) is 4.79 Å². The Morgan fingerprint density at radius 1 is 1.00 bits per heavy atom. The highest BCUT2D eigenvalue weighted by atomic mass is 16.5. The molecule has 0 heterocycles. The van der Waals surface area contributed by atoms with Crippen molar-refractivity contribution in [2.75, 3.05) is 6.61 Å². The van der Waals surface area contributed by atoms with Gasteiger partial charge in [-0.25, -0.2) is 5.43 Å². The highest BCUT2D eigenvalue weighted by molar-refractivity contribution is 5.85. The average Bonchev–Trinajstić information content (AvgIpc) is 2.51. The molecule has 0 fully saturated rings. The molecular weight excluding hydrogens is 300 g/mol. The molecule has 0 aliphatic heterocycles. The van der Waals surface area contributed by atoms with Gasteiger partial charge in [-0.15, -0.1) is 0 Å². The van der Waals surface area contributed by atoms with Gasteiger partial charge < -0.3 is 4.74 Å². The van der Waals surface area contributed by atoms with Gasteiger partial charge in [-0.05, 0) is 69.0 Å². The molecule has 4 heteroatoms. The molecule has 0 spiro atoms. The summed E-state index contributed by atoms with van der Waals surface area (Å²) in [5.41, 5.74) is 9.34. The van der Waals surface area contributed by atoms with Gasteiger partial charge in [0.2, 0.25) is 0 Å². The number of hydrogen-bond donors (Lipinski definition) is 1. The van der Waals surface area contributed by atoms with Crippen molar-refractivity contribution in [2.45, 2.75) is 34.6 Å². The van der Waals surface area contributed by atoms with Crippen LogP contribution in [0.15, 0.2) is 35.4 Å². The van der Waals surface area contributed by atoms with Crippen molar-refractivity contribution in [3.63, 3.8) is 0 Å². The third kappa shape index (κ3) is 4.69. The van der Waals surface area contributed by atoms with Crippen LogP contribution < -0.4 is 10.2 Å². The van der Waals surface area contributed by atoms with Crippen LogP contribution in [-0.4, -0.2) is 18.7 Å². The van der Waals surface area contributed by atoms with E-state index in [0.29, 0.717) is 5.75 Å². The van der Waals surface area contributed by atoms with Crippen LogP contribution in [0, 0.1) is 34.6 Å². The Bertz CT molecular complexity index is 756. The van der Waals surface area contributed by atoms with Crippen molar-refractivity contribution < 1.29 is 9.53 Å². The zero-order valence-electron chi connectivity index (χ0n) is 14.9. The minimum atomic E-state index is -0.285. The second-order valence-corrected chi connectivity index (χ2v) is 6.14. The number of hydrogen-bond acceptors (Lipinski definition) is 3. The van der Waals surface area contributed by atoms with E-state index < -0.39 is 0 Å². The zero-order valence-corrected chi connectivity index (χ0v) is 14.9. The number of nitrogens with zero attached hydrogens (tertiary/aromatic N) is 1. The lowest BCUT2D eigenvalue weighted by molar-refractivity contribution is -0.123. The van der Waals surface area contributed by atoms with Crippen LogP contribution >= 0.6 is 0 Å². The molecule has 0 aliphatic carbocycles. The van der Waals surface area contributed by atoms with Gasteiger partial charge in [0.1, 0.15) is 5.75 Å². The first-order chi connectivity index (χ1) is 11.4. The van der Waals surface area contributed by atoms with Gasteiger partial charge in [-0.1, -0.05) is 23.8 Å². The summed E-state index contributed by atoms with van der Waals surface area (Å²) in [6.07, 6.45) is 1.68. The van der Waals surface area contributed by atoms with Gasteiger partial charge in [0.25, 0.3) is 5.91 Å². The summed E-state index contributed by atoms with van der Waals surface area (Å²) in [4.78, 5) is 11.8. The maximum absolute atomic E-state index is 11.8. The van der Waals surface area contributed by atoms with Gasteiger partial charge in [0.05, 0.1) is 6.21 Å². The second kappa shape index (κ2) is 7.77. The monoisotopic (exact) mass is 324 g/mol. The molecule has 4 nitrogen and oxygen atoms in total. The third-order valence-corrected chi connectivity index (χ3v) is 3.97. The summed E-state index contributed by atoms with van der Waals surface area (Å²) in [5.74, 6) is 0.398. The van der Waals surface area contributed by atoms with E-state index in [-0.39, 0.29) is 12.5 Å². The van der Waals surface area contributed by atoms with Crippen molar-refractivity contribution in [2.24, 2.45) is 5.10 Å². The van der Waals surface area contributed by atoms with Gasteiger partial charge in [-0.2, -0.15) is 5.10 Å². The quantitative estimate of drug-likeness (QED) is 0.672. The van der Waals surface area contributed by atoms with Crippen molar-refractivity contribution in [3.8, 4) is 5.75 Å². The van der Waals surface area contributed by atoms with Crippen LogP contribution in [0.4, 0.5) is 0 Å². The van der Waals surface area contributed by atoms with Crippen molar-refractivity contribution in [1.29, 1.82) is 0 Å². The lowest BCUT2D eigenvalue weighted by Crippen LogP contribution is -2.24. The molecule has 0 atom stereocenters. The van der Waals surface area contributed by atoms with E-state index in [1.807, 2.05) is 45.9 Å². The number of hydrazone groups is 1. The third-order valence-electron chi connectivity index (χ3n) is 3.97. The Kier molecular flexibility index (Phi) is 5.74. The Balaban J connectivity index is 1.90. The summed E-state index contributed by atoms with van der Waals surface area (Å²) in [5, 5.41) is 4.03. The molecule has 0 radical (unpaired) electrons. The normalized spacial score (nSPS) is 10.9. The minimum Gasteiger partial charge on any atom is -0.484 e. The number of aryl methyl sites for hydroxylation is 5. The number of amides is 1. The number of carbonyl (C=O) groups is 1. The molecule has 0 aliphatic rings. The number of rotatable bonds is 5. The van der Waals surface area contributed by atoms with E-state index in [9.17, 15) is 4.79 Å². The highest BCUT2D eigenvalue weighted by Gasteiger charge is 2.04. The van der Waals surface area contributed by atoms with E-state index in [4.69, 9.17) is 4.74 Å². The summed E-state index contributed by atoms with van der Waals surface area (Å²) in [7, 11) is 0. The lowest BCUT2D eigenvalue weighted by Gasteiger charge is -2.08. The zero-order chi connectivity index (χ0) is 17.7. The standard InChI is InChI=1S/C20H24N2O2/c1-13-8-16(4)19(17(5)9-13)11-21-22-20(23)12-24-18-7-6-14(2)15(3)10-18/h6-11H,12H2,1-5H3,(H,22,23). The predicted molar refractivity (Wildman–Crippen MR) is 97.8 cm³/mol. The molecule has 0 saturated carbocycles. The van der Waals surface area contributed by atoms with E-state index in [1.54, 1.807) is 6.21 Å². The molecule has 0 aromatic heterocycles. The molecule has 24 heavy (non-hydrogen) atoms. The SMILES string of the molecule is Cc1cc(C)c(C=NNC(=O)COc2ccc(C)c(C)c2)c(C)c1. The molecular formula is C20H24N2O2. The smallest absolute Gasteiger partial charge is 0.277 e. The highest BCUT2D eigenvalue weighted by Crippen LogP contribution is 2.16. The summed E-state index contributed by atoms with van der Waals surface area (Å²) in [6, 6.07) is 9.95. The maximum Gasteiger partial charge on any atom is 0.277 e. The van der Waals surface area contributed by atoms with Crippen LogP contribution in [0.5, 0.6) is 5.75 Å². The van der Waals surface area contributed by atoms with E-state index in [2.05, 4.69) is 29.6 Å². The summed E-state index contributed by atoms with van der Waals surface area (Å²) < 4.78 is 5.48. The molecule has 1 amide bonds. The average molecular weight is 324 g/mol. The largest absolute Gasteiger partial charge is 0.484 e. The molecule has 2 rings (SSSR count). The predicted octanol–water partition coefficient (Wildman–Crippen LogP) is 3.76. The first-order valence-corrected chi connectivity index (χ1v) is 7.96. The van der Waals surface area contributed by atoms with Crippen LogP contribution in [0.3, 0.4) is 0 Å². The van der Waals surface area contributed by atoms with Gasteiger partial charge in [0, 0.05) is 5.56 Å². The fourth-order valence-electron chi connectivity index (χ4n) is 2.55. The van der Waals surface area contributed by atoms with Gasteiger partial charge in [0.15, 0.2) is 6.61 Å². The Morgan fingerprint density at radius 2 is 1.67 bits per heavy atom. The summed E-state index contributed by atoms with van der Waals surface area (Å²) in [6.45, 7) is 10.1. The van der Waals surface area contributed by atoms with Crippen LogP contribution in [0.1, 0.15) is 33.4 Å². The molecule has 0 unspecified atom stereocenters. The Hall–Kier alpha value is -2.62. The number of nitrogens with one attached hydrogen (secondary N) is 1. The first-order valence-electron chi connectivity index (χ1n) is 7.96. The van der Waals surface area contributed by atoms with Crippen molar-refractivity contribution in [1.82, 2.24) is 5.43 Å². The molecule has 126 valence electrons. The fraction of sp³-hybridized carbons (Fsp3) is 0.300. The lowest BCUT2D eigenvalue weighted by atomic mass is 10.0. The maximum atomic E-state index is 11.8. The number of benzene rings is 2. The Morgan fingerprint density at radius 3 is 2.29 bits per heavy atom. The molecule has 0 bridgehead atoms. The second-order valence-electron chi connectivity index (χ2n) is 6.14. The molecule has 0 saturated heterocycles. The number of ether oxygens (including phenoxy) is 1. The van der Waals surface area contributed by atoms with Crippen LogP contribution in [0.2, 0.25) is 0 Å².